The number of hydrogen-bond donors (Lipinski definition) is 1. The van der Waals surface area contributed by atoms with Crippen molar-refractivity contribution in [2.75, 3.05) is 5.32 Å². The number of likely N-dealkylation sites (tertiary alicyclic amines) is 1. The van der Waals surface area contributed by atoms with Crippen molar-refractivity contribution in [1.82, 2.24) is 19.9 Å². The van der Waals surface area contributed by atoms with E-state index in [2.05, 4.69) is 20.3 Å². The van der Waals surface area contributed by atoms with E-state index < -0.39 is 0 Å². The number of hydrogen-bond acceptors (Lipinski definition) is 6. The van der Waals surface area contributed by atoms with Gasteiger partial charge in [-0.15, -0.1) is 0 Å². The summed E-state index contributed by atoms with van der Waals surface area (Å²) in [5, 5.41) is 12.1. The number of carbonyl (C=O) groups excluding carboxylic acids is 1. The van der Waals surface area contributed by atoms with Crippen molar-refractivity contribution in [3.8, 4) is 6.07 Å². The van der Waals surface area contributed by atoms with Crippen LogP contribution >= 0.6 is 0 Å². The first kappa shape index (κ1) is 14.6. The first-order valence-electron chi connectivity index (χ1n) is 7.96. The second-order valence-corrected chi connectivity index (χ2v) is 6.12. The number of nitriles is 1. The Morgan fingerprint density at radius 2 is 2.12 bits per heavy atom. The summed E-state index contributed by atoms with van der Waals surface area (Å²) < 4.78 is 0. The molecule has 24 heavy (non-hydrogen) atoms. The van der Waals surface area contributed by atoms with E-state index in [1.165, 1.54) is 12.4 Å². The molecule has 1 saturated carbocycles. The lowest BCUT2D eigenvalue weighted by Gasteiger charge is -2.29. The highest BCUT2D eigenvalue weighted by atomic mass is 16.2. The predicted octanol–water partition coefficient (Wildman–Crippen LogP) is 1.66. The molecular formula is C17H16N6O. The Hall–Kier alpha value is -3.01. The maximum atomic E-state index is 12.5. The van der Waals surface area contributed by atoms with E-state index in [-0.39, 0.29) is 23.7 Å². The molecule has 7 heteroatoms. The Bertz CT molecular complexity index is 781. The lowest BCUT2D eigenvalue weighted by molar-refractivity contribution is -0.129. The van der Waals surface area contributed by atoms with Gasteiger partial charge in [0.1, 0.15) is 11.9 Å². The zero-order valence-electron chi connectivity index (χ0n) is 13.0. The molecule has 4 rings (SSSR count). The molecule has 1 aliphatic carbocycles. The van der Waals surface area contributed by atoms with Crippen molar-refractivity contribution < 1.29 is 4.79 Å². The molecule has 0 radical (unpaired) electrons. The van der Waals surface area contributed by atoms with Crippen molar-refractivity contribution in [1.29, 1.82) is 5.26 Å². The summed E-state index contributed by atoms with van der Waals surface area (Å²) in [5.74, 6) is 0.726. The number of carbonyl (C=O) groups is 1. The fourth-order valence-electron chi connectivity index (χ4n) is 3.26. The molecule has 2 aliphatic rings. The van der Waals surface area contributed by atoms with E-state index in [9.17, 15) is 4.79 Å². The lowest BCUT2D eigenvalue weighted by atomic mass is 10.0. The lowest BCUT2D eigenvalue weighted by Crippen LogP contribution is -2.34. The normalized spacial score (nSPS) is 23.1. The number of pyridine rings is 1. The summed E-state index contributed by atoms with van der Waals surface area (Å²) in [4.78, 5) is 27.0. The molecule has 2 aromatic heterocycles. The SMILES string of the molecule is N#Cc1cnc(N[C@@H]2CC(=O)N(C3CC3)[C@H]2c2cccnc2)cn1. The zero-order chi connectivity index (χ0) is 16.5. The van der Waals surface area contributed by atoms with Crippen LogP contribution in [0.5, 0.6) is 0 Å². The van der Waals surface area contributed by atoms with Gasteiger partial charge in [0.2, 0.25) is 5.91 Å². The molecule has 1 amide bonds. The van der Waals surface area contributed by atoms with Crippen molar-refractivity contribution in [2.24, 2.45) is 0 Å². The maximum absolute atomic E-state index is 12.5. The highest BCUT2D eigenvalue weighted by Gasteiger charge is 2.47. The Balaban J connectivity index is 1.62. The van der Waals surface area contributed by atoms with Crippen LogP contribution in [0.2, 0.25) is 0 Å². The van der Waals surface area contributed by atoms with E-state index in [4.69, 9.17) is 5.26 Å². The van der Waals surface area contributed by atoms with Crippen LogP contribution in [0.15, 0.2) is 36.9 Å². The molecule has 3 heterocycles. The number of aromatic nitrogens is 3. The summed E-state index contributed by atoms with van der Waals surface area (Å²) in [5.41, 5.74) is 1.29. The summed E-state index contributed by atoms with van der Waals surface area (Å²) >= 11 is 0. The van der Waals surface area contributed by atoms with Crippen LogP contribution in [0.25, 0.3) is 0 Å². The predicted molar refractivity (Wildman–Crippen MR) is 85.6 cm³/mol. The summed E-state index contributed by atoms with van der Waals surface area (Å²) in [6.07, 6.45) is 9.05. The second-order valence-electron chi connectivity index (χ2n) is 6.12. The quantitative estimate of drug-likeness (QED) is 0.920. The van der Waals surface area contributed by atoms with Gasteiger partial charge < -0.3 is 10.2 Å². The second kappa shape index (κ2) is 5.89. The third-order valence-electron chi connectivity index (χ3n) is 4.43. The molecule has 0 spiro atoms. The molecule has 1 N–H and O–H groups in total. The van der Waals surface area contributed by atoms with Crippen LogP contribution in [-0.2, 0) is 4.79 Å². The highest BCUT2D eigenvalue weighted by molar-refractivity contribution is 5.81. The van der Waals surface area contributed by atoms with Crippen LogP contribution in [0.4, 0.5) is 5.82 Å². The topological polar surface area (TPSA) is 94.8 Å². The molecule has 2 fully saturated rings. The highest BCUT2D eigenvalue weighted by Crippen LogP contribution is 2.42. The van der Waals surface area contributed by atoms with E-state index in [1.807, 2.05) is 29.3 Å². The minimum absolute atomic E-state index is 0.0591. The van der Waals surface area contributed by atoms with Crippen molar-refractivity contribution in [2.45, 2.75) is 37.4 Å². The van der Waals surface area contributed by atoms with Crippen LogP contribution in [0, 0.1) is 11.3 Å². The van der Waals surface area contributed by atoms with Gasteiger partial charge in [-0.25, -0.2) is 9.97 Å². The largest absolute Gasteiger partial charge is 0.363 e. The molecule has 0 unspecified atom stereocenters. The van der Waals surface area contributed by atoms with Crippen LogP contribution in [-0.4, -0.2) is 37.8 Å². The Morgan fingerprint density at radius 3 is 2.75 bits per heavy atom. The number of amides is 1. The third kappa shape index (κ3) is 2.67. The molecule has 0 aromatic carbocycles. The standard InChI is InChI=1S/C17H16N6O/c18-7-12-9-21-15(10-20-12)22-14-6-16(24)23(13-3-4-13)17(14)11-2-1-5-19-8-11/h1-2,5,8-10,13-14,17H,3-4,6H2,(H,21,22)/t14-,17+/m1/s1. The van der Waals surface area contributed by atoms with Gasteiger partial charge in [0.05, 0.1) is 24.5 Å². The van der Waals surface area contributed by atoms with Gasteiger partial charge in [-0.3, -0.25) is 9.78 Å². The summed E-state index contributed by atoms with van der Waals surface area (Å²) in [7, 11) is 0. The minimum atomic E-state index is -0.0930. The van der Waals surface area contributed by atoms with Gasteiger partial charge in [0.25, 0.3) is 0 Å². The third-order valence-corrected chi connectivity index (χ3v) is 4.43. The van der Waals surface area contributed by atoms with Crippen LogP contribution in [0.3, 0.4) is 0 Å². The molecule has 7 nitrogen and oxygen atoms in total. The average molecular weight is 320 g/mol. The molecular weight excluding hydrogens is 304 g/mol. The Kier molecular flexibility index (Phi) is 3.58. The number of anilines is 1. The van der Waals surface area contributed by atoms with Crippen molar-refractivity contribution in [3.05, 3.63) is 48.2 Å². The summed E-state index contributed by atoms with van der Waals surface area (Å²) in [6.45, 7) is 0. The van der Waals surface area contributed by atoms with E-state index in [1.54, 1.807) is 6.20 Å². The Labute approximate surface area is 139 Å². The number of nitrogens with zero attached hydrogens (tertiary/aromatic N) is 5. The molecule has 2 aromatic rings. The minimum Gasteiger partial charge on any atom is -0.363 e. The van der Waals surface area contributed by atoms with Gasteiger partial charge in [0.15, 0.2) is 5.69 Å². The van der Waals surface area contributed by atoms with Gasteiger partial charge in [-0.1, -0.05) is 6.07 Å². The molecule has 0 bridgehead atoms. The van der Waals surface area contributed by atoms with E-state index in [0.29, 0.717) is 18.3 Å². The zero-order valence-corrected chi connectivity index (χ0v) is 13.0. The van der Waals surface area contributed by atoms with Crippen molar-refractivity contribution >= 4 is 11.7 Å². The van der Waals surface area contributed by atoms with Gasteiger partial charge in [-0.05, 0) is 24.5 Å². The molecule has 1 saturated heterocycles. The van der Waals surface area contributed by atoms with E-state index in [0.717, 1.165) is 18.4 Å². The fourth-order valence-corrected chi connectivity index (χ4v) is 3.26. The van der Waals surface area contributed by atoms with Crippen LogP contribution < -0.4 is 5.32 Å². The molecule has 120 valence electrons. The Morgan fingerprint density at radius 1 is 1.25 bits per heavy atom. The molecule has 1 aliphatic heterocycles. The smallest absolute Gasteiger partial charge is 0.225 e. The van der Waals surface area contributed by atoms with E-state index >= 15 is 0 Å². The first-order chi connectivity index (χ1) is 11.8. The number of nitrogens with one attached hydrogen (secondary N) is 1. The van der Waals surface area contributed by atoms with Gasteiger partial charge >= 0.3 is 0 Å². The number of rotatable bonds is 4. The maximum Gasteiger partial charge on any atom is 0.225 e. The van der Waals surface area contributed by atoms with Gasteiger partial charge in [-0.2, -0.15) is 5.26 Å². The first-order valence-corrected chi connectivity index (χ1v) is 7.96. The van der Waals surface area contributed by atoms with Gasteiger partial charge in [0, 0.05) is 24.9 Å². The fraction of sp³-hybridized carbons (Fsp3) is 0.353. The van der Waals surface area contributed by atoms with Crippen molar-refractivity contribution in [3.63, 3.8) is 0 Å². The monoisotopic (exact) mass is 320 g/mol. The average Bonchev–Trinajstić information content (AvgIpc) is 3.40. The molecule has 2 atom stereocenters. The summed E-state index contributed by atoms with van der Waals surface area (Å²) in [6, 6.07) is 6.03. The van der Waals surface area contributed by atoms with Crippen LogP contribution in [0.1, 0.15) is 36.6 Å².